The van der Waals surface area contributed by atoms with Crippen molar-refractivity contribution in [3.05, 3.63) is 18.0 Å². The average Bonchev–Trinajstić information content (AvgIpc) is 2.51. The molecule has 1 aromatic rings. The Balaban J connectivity index is 3.01. The summed E-state index contributed by atoms with van der Waals surface area (Å²) in [7, 11) is 0. The first-order chi connectivity index (χ1) is 6.56. The van der Waals surface area contributed by atoms with Crippen molar-refractivity contribution >= 4 is 5.97 Å². The molecule has 0 saturated carbocycles. The largest absolute Gasteiger partial charge is 0.480 e. The second-order valence-electron chi connectivity index (χ2n) is 3.35. The van der Waals surface area contributed by atoms with Gasteiger partial charge in [0.1, 0.15) is 6.07 Å². The lowest BCUT2D eigenvalue weighted by molar-refractivity contribution is -0.142. The van der Waals surface area contributed by atoms with E-state index in [9.17, 15) is 4.79 Å². The smallest absolute Gasteiger partial charge is 0.328 e. The van der Waals surface area contributed by atoms with Gasteiger partial charge in [-0.2, -0.15) is 10.4 Å². The van der Waals surface area contributed by atoms with Gasteiger partial charge in [-0.05, 0) is 5.92 Å². The highest BCUT2D eigenvalue weighted by molar-refractivity contribution is 5.72. The number of carboxylic acids is 1. The predicted octanol–water partition coefficient (Wildman–Crippen LogP) is 1.04. The summed E-state index contributed by atoms with van der Waals surface area (Å²) in [6, 6.07) is 1.19. The number of carbonyl (C=O) groups is 1. The maximum atomic E-state index is 10.9. The molecule has 0 aliphatic heterocycles. The zero-order valence-corrected chi connectivity index (χ0v) is 8.01. The maximum Gasteiger partial charge on any atom is 0.328 e. The van der Waals surface area contributed by atoms with Gasteiger partial charge in [0.05, 0.1) is 11.8 Å². The Morgan fingerprint density at radius 1 is 1.71 bits per heavy atom. The van der Waals surface area contributed by atoms with Crippen LogP contribution in [-0.4, -0.2) is 20.9 Å². The van der Waals surface area contributed by atoms with Gasteiger partial charge in [0.2, 0.25) is 0 Å². The van der Waals surface area contributed by atoms with Crippen molar-refractivity contribution in [2.45, 2.75) is 19.9 Å². The summed E-state index contributed by atoms with van der Waals surface area (Å²) in [6.45, 7) is 3.60. The van der Waals surface area contributed by atoms with E-state index in [1.54, 1.807) is 13.8 Å². The van der Waals surface area contributed by atoms with Gasteiger partial charge in [-0.15, -0.1) is 0 Å². The molecule has 0 aromatic carbocycles. The van der Waals surface area contributed by atoms with Crippen LogP contribution in [0, 0.1) is 17.2 Å². The van der Waals surface area contributed by atoms with Crippen LogP contribution >= 0.6 is 0 Å². The molecule has 1 unspecified atom stereocenters. The Labute approximate surface area is 81.6 Å². The summed E-state index contributed by atoms with van der Waals surface area (Å²) in [4.78, 5) is 10.9. The molecule has 0 bridgehead atoms. The Bertz CT molecular complexity index is 376. The van der Waals surface area contributed by atoms with Crippen LogP contribution in [0.25, 0.3) is 0 Å². The quantitative estimate of drug-likeness (QED) is 0.777. The molecule has 0 spiro atoms. The van der Waals surface area contributed by atoms with Gasteiger partial charge < -0.3 is 5.11 Å². The van der Waals surface area contributed by atoms with E-state index in [2.05, 4.69) is 5.10 Å². The summed E-state index contributed by atoms with van der Waals surface area (Å²) >= 11 is 0. The molecule has 0 radical (unpaired) electrons. The van der Waals surface area contributed by atoms with Crippen LogP contribution in [0.5, 0.6) is 0 Å². The molecule has 1 rings (SSSR count). The number of aliphatic carboxylic acids is 1. The topological polar surface area (TPSA) is 78.9 Å². The lowest BCUT2D eigenvalue weighted by Crippen LogP contribution is -2.24. The number of nitrogens with zero attached hydrogens (tertiary/aromatic N) is 3. The van der Waals surface area contributed by atoms with Gasteiger partial charge in [-0.1, -0.05) is 13.8 Å². The number of hydrogen-bond donors (Lipinski definition) is 1. The number of aromatic nitrogens is 2. The first-order valence-corrected chi connectivity index (χ1v) is 4.23. The van der Waals surface area contributed by atoms with Gasteiger partial charge in [0.25, 0.3) is 0 Å². The third-order valence-electron chi connectivity index (χ3n) is 1.90. The molecule has 14 heavy (non-hydrogen) atoms. The van der Waals surface area contributed by atoms with E-state index >= 15 is 0 Å². The van der Waals surface area contributed by atoms with Crippen molar-refractivity contribution in [3.63, 3.8) is 0 Å². The molecule has 1 N–H and O–H groups in total. The lowest BCUT2D eigenvalue weighted by Gasteiger charge is -2.15. The summed E-state index contributed by atoms with van der Waals surface area (Å²) in [5.74, 6) is -1.01. The van der Waals surface area contributed by atoms with Crippen LogP contribution in [0.1, 0.15) is 25.5 Å². The minimum atomic E-state index is -0.937. The minimum absolute atomic E-state index is 0.0704. The predicted molar refractivity (Wildman–Crippen MR) is 48.5 cm³/mol. The molecule has 74 valence electrons. The Morgan fingerprint density at radius 2 is 2.36 bits per heavy atom. The van der Waals surface area contributed by atoms with Crippen molar-refractivity contribution in [3.8, 4) is 6.07 Å². The fourth-order valence-electron chi connectivity index (χ4n) is 1.25. The fourth-order valence-corrected chi connectivity index (χ4v) is 1.25. The molecule has 0 amide bonds. The van der Waals surface area contributed by atoms with Crippen LogP contribution in [0.2, 0.25) is 0 Å². The molecular weight excluding hydrogens is 182 g/mol. The molecule has 0 saturated heterocycles. The molecule has 1 atom stereocenters. The van der Waals surface area contributed by atoms with Gasteiger partial charge in [0.15, 0.2) is 6.04 Å². The third kappa shape index (κ3) is 1.91. The van der Waals surface area contributed by atoms with Gasteiger partial charge in [-0.25, -0.2) is 4.79 Å². The number of nitriles is 1. The zero-order chi connectivity index (χ0) is 10.7. The van der Waals surface area contributed by atoms with E-state index < -0.39 is 12.0 Å². The number of carboxylic acid groups (broad SMARTS) is 1. The zero-order valence-electron chi connectivity index (χ0n) is 8.01. The van der Waals surface area contributed by atoms with Gasteiger partial charge in [-0.3, -0.25) is 4.68 Å². The molecule has 5 heteroatoms. The monoisotopic (exact) mass is 193 g/mol. The minimum Gasteiger partial charge on any atom is -0.480 e. The molecule has 0 aliphatic carbocycles. The van der Waals surface area contributed by atoms with Crippen molar-refractivity contribution in [1.82, 2.24) is 9.78 Å². The SMILES string of the molecule is CC(C)C(C(=O)O)n1cc(C#N)cn1. The molecular formula is C9H11N3O2. The maximum absolute atomic E-state index is 10.9. The third-order valence-corrected chi connectivity index (χ3v) is 1.90. The lowest BCUT2D eigenvalue weighted by atomic mass is 10.1. The molecule has 1 aromatic heterocycles. The first kappa shape index (κ1) is 10.3. The standard InChI is InChI=1S/C9H11N3O2/c1-6(2)8(9(13)14)12-5-7(3-10)4-11-12/h4-6,8H,1-2H3,(H,13,14). The highest BCUT2D eigenvalue weighted by Crippen LogP contribution is 2.17. The van der Waals surface area contributed by atoms with Crippen molar-refractivity contribution in [2.75, 3.05) is 0 Å². The average molecular weight is 193 g/mol. The summed E-state index contributed by atoms with van der Waals surface area (Å²) in [6.07, 6.45) is 2.80. The molecule has 5 nitrogen and oxygen atoms in total. The van der Waals surface area contributed by atoms with Crippen LogP contribution in [0.15, 0.2) is 12.4 Å². The highest BCUT2D eigenvalue weighted by Gasteiger charge is 2.24. The summed E-state index contributed by atoms with van der Waals surface area (Å²) in [5, 5.41) is 21.3. The Hall–Kier alpha value is -1.83. The second-order valence-corrected chi connectivity index (χ2v) is 3.35. The Morgan fingerprint density at radius 3 is 2.71 bits per heavy atom. The van der Waals surface area contributed by atoms with Crippen molar-refractivity contribution in [1.29, 1.82) is 5.26 Å². The van der Waals surface area contributed by atoms with E-state index in [0.29, 0.717) is 5.56 Å². The van der Waals surface area contributed by atoms with Crippen LogP contribution < -0.4 is 0 Å². The van der Waals surface area contributed by atoms with Crippen molar-refractivity contribution in [2.24, 2.45) is 5.92 Å². The van der Waals surface area contributed by atoms with E-state index in [0.717, 1.165) is 0 Å². The molecule has 0 aliphatic rings. The second kappa shape index (κ2) is 3.92. The van der Waals surface area contributed by atoms with Gasteiger partial charge >= 0.3 is 5.97 Å². The van der Waals surface area contributed by atoms with E-state index in [4.69, 9.17) is 10.4 Å². The van der Waals surface area contributed by atoms with Gasteiger partial charge in [0, 0.05) is 6.20 Å². The Kier molecular flexibility index (Phi) is 2.87. The van der Waals surface area contributed by atoms with E-state index in [1.165, 1.54) is 17.1 Å². The number of hydrogen-bond acceptors (Lipinski definition) is 3. The summed E-state index contributed by atoms with van der Waals surface area (Å²) < 4.78 is 1.31. The van der Waals surface area contributed by atoms with E-state index in [-0.39, 0.29) is 5.92 Å². The van der Waals surface area contributed by atoms with Crippen LogP contribution in [-0.2, 0) is 4.79 Å². The van der Waals surface area contributed by atoms with Crippen LogP contribution in [0.3, 0.4) is 0 Å². The van der Waals surface area contributed by atoms with E-state index in [1.807, 2.05) is 6.07 Å². The van der Waals surface area contributed by atoms with Crippen LogP contribution in [0.4, 0.5) is 0 Å². The molecule has 1 heterocycles. The molecule has 0 fully saturated rings. The van der Waals surface area contributed by atoms with Crippen molar-refractivity contribution < 1.29 is 9.90 Å². The number of rotatable bonds is 3. The summed E-state index contributed by atoms with van der Waals surface area (Å²) in [5.41, 5.74) is 0.372. The fraction of sp³-hybridized carbons (Fsp3) is 0.444. The highest BCUT2D eigenvalue weighted by atomic mass is 16.4. The first-order valence-electron chi connectivity index (χ1n) is 4.23. The normalized spacial score (nSPS) is 12.4.